The minimum atomic E-state index is -0.204. The molecule has 0 aliphatic rings. The van der Waals surface area contributed by atoms with Crippen molar-refractivity contribution in [2.24, 2.45) is 12.8 Å². The first-order valence-corrected chi connectivity index (χ1v) is 6.08. The minimum absolute atomic E-state index is 0.204. The Hall–Kier alpha value is -2.21. The summed E-state index contributed by atoms with van der Waals surface area (Å²) in [6.45, 7) is 0. The minimum Gasteiger partial charge on any atom is -0.389 e. The number of carbonyl (C=O) groups is 1. The molecule has 2 rings (SSSR count). The summed E-state index contributed by atoms with van der Waals surface area (Å²) in [5, 5.41) is 4.09. The molecule has 0 aliphatic heterocycles. The van der Waals surface area contributed by atoms with Crippen LogP contribution in [0.4, 0.5) is 5.69 Å². The summed E-state index contributed by atoms with van der Waals surface area (Å²) in [5.41, 5.74) is 7.39. The molecule has 0 unspecified atom stereocenters. The van der Waals surface area contributed by atoms with Crippen molar-refractivity contribution in [1.29, 1.82) is 0 Å². The van der Waals surface area contributed by atoms with E-state index < -0.39 is 0 Å². The van der Waals surface area contributed by atoms with Gasteiger partial charge in [-0.05, 0) is 18.2 Å². The lowest BCUT2D eigenvalue weighted by Crippen LogP contribution is -2.29. The first-order valence-electron chi connectivity index (χ1n) is 5.67. The highest BCUT2D eigenvalue weighted by molar-refractivity contribution is 7.80. The van der Waals surface area contributed by atoms with Crippen LogP contribution in [0.3, 0.4) is 0 Å². The standard InChI is InChI=1S/C13H14N4OS/c1-16-8-7-10(15-16)13(18)17(2)11-6-4-3-5-9(11)12(14)19/h3-8H,1-2H3,(H2,14,19). The number of thiocarbonyl (C=S) groups is 1. The quantitative estimate of drug-likeness (QED) is 0.858. The van der Waals surface area contributed by atoms with E-state index in [2.05, 4.69) is 5.10 Å². The second-order valence-corrected chi connectivity index (χ2v) is 4.56. The van der Waals surface area contributed by atoms with E-state index in [1.54, 1.807) is 43.2 Å². The average Bonchev–Trinajstić information content (AvgIpc) is 2.83. The van der Waals surface area contributed by atoms with Crippen LogP contribution in [0, 0.1) is 0 Å². The van der Waals surface area contributed by atoms with Crippen molar-refractivity contribution in [3.05, 3.63) is 47.8 Å². The Morgan fingerprint density at radius 3 is 2.63 bits per heavy atom. The average molecular weight is 274 g/mol. The van der Waals surface area contributed by atoms with Gasteiger partial charge in [0.2, 0.25) is 0 Å². The van der Waals surface area contributed by atoms with Crippen LogP contribution in [0.15, 0.2) is 36.5 Å². The lowest BCUT2D eigenvalue weighted by molar-refractivity contribution is 0.0987. The van der Waals surface area contributed by atoms with E-state index in [-0.39, 0.29) is 10.9 Å². The molecule has 0 fully saturated rings. The zero-order valence-electron chi connectivity index (χ0n) is 10.7. The van der Waals surface area contributed by atoms with Crippen LogP contribution in [0.2, 0.25) is 0 Å². The maximum Gasteiger partial charge on any atom is 0.278 e. The number of para-hydroxylation sites is 1. The molecule has 0 spiro atoms. The zero-order chi connectivity index (χ0) is 14.0. The molecule has 0 atom stereocenters. The van der Waals surface area contributed by atoms with Crippen molar-refractivity contribution in [1.82, 2.24) is 9.78 Å². The third-order valence-corrected chi connectivity index (χ3v) is 2.99. The fourth-order valence-electron chi connectivity index (χ4n) is 1.78. The molecule has 5 nitrogen and oxygen atoms in total. The van der Waals surface area contributed by atoms with E-state index >= 15 is 0 Å². The van der Waals surface area contributed by atoms with Crippen LogP contribution >= 0.6 is 12.2 Å². The Kier molecular flexibility index (Phi) is 3.62. The van der Waals surface area contributed by atoms with Crippen LogP contribution in [0.25, 0.3) is 0 Å². The van der Waals surface area contributed by atoms with Crippen LogP contribution in [-0.2, 0) is 7.05 Å². The maximum atomic E-state index is 12.3. The van der Waals surface area contributed by atoms with Gasteiger partial charge in [0.25, 0.3) is 5.91 Å². The Labute approximate surface area is 116 Å². The summed E-state index contributed by atoms with van der Waals surface area (Å²) in [6, 6.07) is 8.92. The second-order valence-electron chi connectivity index (χ2n) is 4.12. The number of carbonyl (C=O) groups excluding carboxylic acids is 1. The van der Waals surface area contributed by atoms with Crippen molar-refractivity contribution < 1.29 is 4.79 Å². The SMILES string of the molecule is CN(C(=O)c1ccn(C)n1)c1ccccc1C(N)=S. The van der Waals surface area contributed by atoms with Gasteiger partial charge in [0.15, 0.2) is 5.69 Å². The second kappa shape index (κ2) is 5.19. The third kappa shape index (κ3) is 2.63. The molecule has 0 bridgehead atoms. The number of nitrogens with zero attached hydrogens (tertiary/aromatic N) is 3. The summed E-state index contributed by atoms with van der Waals surface area (Å²) >= 11 is 5.00. The number of hydrogen-bond acceptors (Lipinski definition) is 3. The molecule has 0 saturated heterocycles. The molecule has 2 N–H and O–H groups in total. The number of hydrogen-bond donors (Lipinski definition) is 1. The van der Waals surface area contributed by atoms with Gasteiger partial charge in [0.05, 0.1) is 5.69 Å². The fraction of sp³-hybridized carbons (Fsp3) is 0.154. The van der Waals surface area contributed by atoms with Gasteiger partial charge in [-0.15, -0.1) is 0 Å². The normalized spacial score (nSPS) is 10.2. The molecule has 1 aromatic heterocycles. The van der Waals surface area contributed by atoms with Gasteiger partial charge < -0.3 is 10.6 Å². The molecule has 2 aromatic rings. The van der Waals surface area contributed by atoms with Gasteiger partial charge in [-0.25, -0.2) is 0 Å². The highest BCUT2D eigenvalue weighted by Gasteiger charge is 2.18. The van der Waals surface area contributed by atoms with Gasteiger partial charge in [0.1, 0.15) is 4.99 Å². The monoisotopic (exact) mass is 274 g/mol. The molecule has 1 heterocycles. The number of nitrogens with two attached hydrogens (primary N) is 1. The molecule has 19 heavy (non-hydrogen) atoms. The van der Waals surface area contributed by atoms with Crippen molar-refractivity contribution in [2.45, 2.75) is 0 Å². The van der Waals surface area contributed by atoms with E-state index in [0.717, 1.165) is 0 Å². The van der Waals surface area contributed by atoms with Crippen LogP contribution in [0.1, 0.15) is 16.1 Å². The highest BCUT2D eigenvalue weighted by Crippen LogP contribution is 2.20. The Morgan fingerprint density at radius 1 is 1.37 bits per heavy atom. The number of rotatable bonds is 3. The molecule has 0 radical (unpaired) electrons. The van der Waals surface area contributed by atoms with E-state index in [1.165, 1.54) is 4.90 Å². The topological polar surface area (TPSA) is 64.2 Å². The number of benzene rings is 1. The van der Waals surface area contributed by atoms with Gasteiger partial charge in [-0.1, -0.05) is 24.4 Å². The number of aromatic nitrogens is 2. The first-order chi connectivity index (χ1) is 9.00. The lowest BCUT2D eigenvalue weighted by Gasteiger charge is -2.19. The molecule has 6 heteroatoms. The summed E-state index contributed by atoms with van der Waals surface area (Å²) < 4.78 is 1.58. The molecular formula is C13H14N4OS. The first kappa shape index (κ1) is 13.2. The third-order valence-electron chi connectivity index (χ3n) is 2.77. The molecule has 0 aliphatic carbocycles. The predicted molar refractivity (Wildman–Crippen MR) is 78.3 cm³/mol. The molecule has 1 amide bonds. The predicted octanol–water partition coefficient (Wildman–Crippen LogP) is 1.33. The van der Waals surface area contributed by atoms with Crippen molar-refractivity contribution in [3.8, 4) is 0 Å². The van der Waals surface area contributed by atoms with Gasteiger partial charge in [-0.2, -0.15) is 5.10 Å². The summed E-state index contributed by atoms with van der Waals surface area (Å²) in [6.07, 6.45) is 1.72. The zero-order valence-corrected chi connectivity index (χ0v) is 11.5. The largest absolute Gasteiger partial charge is 0.389 e. The molecule has 1 aromatic carbocycles. The van der Waals surface area contributed by atoms with Crippen LogP contribution in [-0.4, -0.2) is 27.7 Å². The van der Waals surface area contributed by atoms with E-state index in [1.807, 2.05) is 12.1 Å². The molecular weight excluding hydrogens is 260 g/mol. The van der Waals surface area contributed by atoms with Crippen LogP contribution in [0.5, 0.6) is 0 Å². The number of anilines is 1. The Balaban J connectivity index is 2.37. The number of aryl methyl sites for hydroxylation is 1. The maximum absolute atomic E-state index is 12.3. The van der Waals surface area contributed by atoms with Gasteiger partial charge in [0, 0.05) is 25.9 Å². The summed E-state index contributed by atoms with van der Waals surface area (Å²) in [4.78, 5) is 14.1. The van der Waals surface area contributed by atoms with Gasteiger partial charge in [-0.3, -0.25) is 9.48 Å². The van der Waals surface area contributed by atoms with Gasteiger partial charge >= 0.3 is 0 Å². The Morgan fingerprint density at radius 2 is 2.05 bits per heavy atom. The fourth-order valence-corrected chi connectivity index (χ4v) is 1.96. The Bertz CT molecular complexity index is 635. The van der Waals surface area contributed by atoms with Crippen molar-refractivity contribution in [3.63, 3.8) is 0 Å². The van der Waals surface area contributed by atoms with E-state index in [0.29, 0.717) is 16.9 Å². The van der Waals surface area contributed by atoms with E-state index in [4.69, 9.17) is 18.0 Å². The summed E-state index contributed by atoms with van der Waals surface area (Å²) in [7, 11) is 3.44. The number of amides is 1. The highest BCUT2D eigenvalue weighted by atomic mass is 32.1. The van der Waals surface area contributed by atoms with Crippen LogP contribution < -0.4 is 10.6 Å². The van der Waals surface area contributed by atoms with E-state index in [9.17, 15) is 4.79 Å². The molecule has 98 valence electrons. The van der Waals surface area contributed by atoms with Crippen molar-refractivity contribution in [2.75, 3.05) is 11.9 Å². The lowest BCUT2D eigenvalue weighted by atomic mass is 10.1. The van der Waals surface area contributed by atoms with Crippen molar-refractivity contribution >= 4 is 28.8 Å². The molecule has 0 saturated carbocycles. The summed E-state index contributed by atoms with van der Waals surface area (Å²) in [5.74, 6) is -0.204. The smallest absolute Gasteiger partial charge is 0.278 e.